The Labute approximate surface area is 126 Å². The molecule has 0 saturated carbocycles. The highest BCUT2D eigenvalue weighted by Gasteiger charge is 2.06. The molecule has 0 radical (unpaired) electrons. The summed E-state index contributed by atoms with van der Waals surface area (Å²) in [5.74, 6) is 0.162. The zero-order chi connectivity index (χ0) is 15.1. The van der Waals surface area contributed by atoms with E-state index in [2.05, 4.69) is 10.5 Å². The molecule has 0 spiro atoms. The molecule has 2 aromatic carbocycles. The Morgan fingerprint density at radius 1 is 1.24 bits per heavy atom. The molecular weight excluding hydrogens is 292 g/mol. The van der Waals surface area contributed by atoms with Gasteiger partial charge in [0, 0.05) is 16.3 Å². The highest BCUT2D eigenvalue weighted by atomic mass is 35.5. The minimum absolute atomic E-state index is 0.154. The third-order valence-electron chi connectivity index (χ3n) is 2.60. The maximum absolute atomic E-state index is 11.8. The number of anilines is 1. The Bertz CT molecular complexity index is 642. The van der Waals surface area contributed by atoms with E-state index in [1.54, 1.807) is 48.5 Å². The monoisotopic (exact) mass is 304 g/mol. The minimum atomic E-state index is -0.298. The molecule has 2 N–H and O–H groups in total. The average molecular weight is 305 g/mol. The van der Waals surface area contributed by atoms with Gasteiger partial charge in [-0.15, -0.1) is 0 Å². The second-order valence-electron chi connectivity index (χ2n) is 4.13. The molecule has 0 unspecified atom stereocenters. The highest BCUT2D eigenvalue weighted by molar-refractivity contribution is 6.30. The summed E-state index contributed by atoms with van der Waals surface area (Å²) < 4.78 is 5.41. The average Bonchev–Trinajstić information content (AvgIpc) is 2.49. The topological polar surface area (TPSA) is 70.9 Å². The number of benzene rings is 2. The van der Waals surface area contributed by atoms with Crippen LogP contribution >= 0.6 is 11.6 Å². The number of amides is 1. The van der Waals surface area contributed by atoms with E-state index in [9.17, 15) is 4.79 Å². The van der Waals surface area contributed by atoms with Crippen molar-refractivity contribution in [1.82, 2.24) is 0 Å². The number of nitrogens with zero attached hydrogens (tertiary/aromatic N) is 1. The Balaban J connectivity index is 1.93. The molecule has 1 amide bonds. The standard InChI is InChI=1S/C15H13ClN2O3/c16-12-5-7-13(8-6-12)18-15(19)10-21-14-4-2-1-3-11(14)9-17-20/h1-9,20H,10H2,(H,18,19)/b17-9-. The van der Waals surface area contributed by atoms with Gasteiger partial charge in [-0.05, 0) is 36.4 Å². The number of hydrogen-bond acceptors (Lipinski definition) is 4. The van der Waals surface area contributed by atoms with Crippen LogP contribution in [0.25, 0.3) is 0 Å². The maximum Gasteiger partial charge on any atom is 0.262 e. The smallest absolute Gasteiger partial charge is 0.262 e. The van der Waals surface area contributed by atoms with Gasteiger partial charge in [0.2, 0.25) is 0 Å². The number of halogens is 1. The van der Waals surface area contributed by atoms with E-state index in [1.165, 1.54) is 6.21 Å². The number of ether oxygens (including phenoxy) is 1. The van der Waals surface area contributed by atoms with Gasteiger partial charge >= 0.3 is 0 Å². The lowest BCUT2D eigenvalue weighted by molar-refractivity contribution is -0.118. The van der Waals surface area contributed by atoms with E-state index >= 15 is 0 Å². The number of hydrogen-bond donors (Lipinski definition) is 2. The molecule has 0 atom stereocenters. The van der Waals surface area contributed by atoms with Crippen molar-refractivity contribution in [2.45, 2.75) is 0 Å². The van der Waals surface area contributed by atoms with Gasteiger partial charge < -0.3 is 15.3 Å². The Hall–Kier alpha value is -2.53. The number of nitrogens with one attached hydrogen (secondary N) is 1. The number of rotatable bonds is 5. The summed E-state index contributed by atoms with van der Waals surface area (Å²) in [5, 5.41) is 14.8. The van der Waals surface area contributed by atoms with Crippen molar-refractivity contribution in [3.8, 4) is 5.75 Å². The maximum atomic E-state index is 11.8. The third-order valence-corrected chi connectivity index (χ3v) is 2.85. The molecule has 2 rings (SSSR count). The molecule has 0 bridgehead atoms. The van der Waals surface area contributed by atoms with E-state index in [1.807, 2.05) is 0 Å². The summed E-state index contributed by atoms with van der Waals surface area (Å²) in [7, 11) is 0. The molecule has 108 valence electrons. The quantitative estimate of drug-likeness (QED) is 0.506. The zero-order valence-electron chi connectivity index (χ0n) is 11.0. The number of oxime groups is 1. The predicted octanol–water partition coefficient (Wildman–Crippen LogP) is 3.17. The number of para-hydroxylation sites is 1. The molecule has 0 saturated heterocycles. The van der Waals surface area contributed by atoms with Gasteiger partial charge in [0.1, 0.15) is 5.75 Å². The lowest BCUT2D eigenvalue weighted by Gasteiger charge is -2.09. The van der Waals surface area contributed by atoms with E-state index < -0.39 is 0 Å². The van der Waals surface area contributed by atoms with Gasteiger partial charge in [-0.3, -0.25) is 4.79 Å². The Morgan fingerprint density at radius 3 is 2.67 bits per heavy atom. The van der Waals surface area contributed by atoms with Crippen LogP contribution in [0.5, 0.6) is 5.75 Å². The van der Waals surface area contributed by atoms with Crippen molar-refractivity contribution >= 4 is 29.4 Å². The summed E-state index contributed by atoms with van der Waals surface area (Å²) in [6, 6.07) is 13.7. The molecule has 0 fully saturated rings. The van der Waals surface area contributed by atoms with Gasteiger partial charge in [-0.2, -0.15) is 0 Å². The Morgan fingerprint density at radius 2 is 1.95 bits per heavy atom. The van der Waals surface area contributed by atoms with Crippen LogP contribution in [0.4, 0.5) is 5.69 Å². The summed E-state index contributed by atoms with van der Waals surface area (Å²) in [6.07, 6.45) is 1.24. The molecule has 5 nitrogen and oxygen atoms in total. The van der Waals surface area contributed by atoms with Gasteiger partial charge in [0.05, 0.1) is 6.21 Å². The first-order chi connectivity index (χ1) is 10.2. The SMILES string of the molecule is O=C(COc1ccccc1/C=N\O)Nc1ccc(Cl)cc1. The predicted molar refractivity (Wildman–Crippen MR) is 81.4 cm³/mol. The van der Waals surface area contributed by atoms with Crippen molar-refractivity contribution in [1.29, 1.82) is 0 Å². The van der Waals surface area contributed by atoms with Crippen LogP contribution in [0.15, 0.2) is 53.7 Å². The van der Waals surface area contributed by atoms with Gasteiger partial charge in [0.15, 0.2) is 6.61 Å². The van der Waals surface area contributed by atoms with Crippen molar-refractivity contribution in [2.24, 2.45) is 5.16 Å². The van der Waals surface area contributed by atoms with E-state index in [0.717, 1.165) is 0 Å². The second-order valence-corrected chi connectivity index (χ2v) is 4.56. The molecule has 0 aliphatic carbocycles. The van der Waals surface area contributed by atoms with Crippen molar-refractivity contribution < 1.29 is 14.7 Å². The first-order valence-corrected chi connectivity index (χ1v) is 6.51. The van der Waals surface area contributed by atoms with Crippen molar-refractivity contribution in [3.63, 3.8) is 0 Å². The van der Waals surface area contributed by atoms with Crippen LogP contribution in [0.2, 0.25) is 5.02 Å². The number of carbonyl (C=O) groups is 1. The Kier molecular flexibility index (Phi) is 5.17. The van der Waals surface area contributed by atoms with Crippen LogP contribution in [0.3, 0.4) is 0 Å². The highest BCUT2D eigenvalue weighted by Crippen LogP contribution is 2.16. The molecule has 2 aromatic rings. The number of carbonyl (C=O) groups excluding carboxylic acids is 1. The van der Waals surface area contributed by atoms with Crippen molar-refractivity contribution in [3.05, 3.63) is 59.1 Å². The lowest BCUT2D eigenvalue weighted by Crippen LogP contribution is -2.20. The summed E-state index contributed by atoms with van der Waals surface area (Å²) >= 11 is 5.77. The molecule has 21 heavy (non-hydrogen) atoms. The summed E-state index contributed by atoms with van der Waals surface area (Å²) in [5.41, 5.74) is 1.22. The van der Waals surface area contributed by atoms with Gasteiger partial charge in [-0.25, -0.2) is 0 Å². The fourth-order valence-electron chi connectivity index (χ4n) is 1.65. The van der Waals surface area contributed by atoms with Crippen LogP contribution in [0, 0.1) is 0 Å². The van der Waals surface area contributed by atoms with Crippen LogP contribution < -0.4 is 10.1 Å². The molecule has 0 heterocycles. The van der Waals surface area contributed by atoms with E-state index in [4.69, 9.17) is 21.5 Å². The van der Waals surface area contributed by atoms with Crippen molar-refractivity contribution in [2.75, 3.05) is 11.9 Å². The summed E-state index contributed by atoms with van der Waals surface area (Å²) in [4.78, 5) is 11.8. The van der Waals surface area contributed by atoms with Crippen LogP contribution in [0.1, 0.15) is 5.56 Å². The molecule has 6 heteroatoms. The molecule has 0 aliphatic rings. The summed E-state index contributed by atoms with van der Waals surface area (Å²) in [6.45, 7) is -0.154. The third kappa shape index (κ3) is 4.50. The van der Waals surface area contributed by atoms with E-state index in [-0.39, 0.29) is 12.5 Å². The van der Waals surface area contributed by atoms with E-state index in [0.29, 0.717) is 22.0 Å². The zero-order valence-corrected chi connectivity index (χ0v) is 11.7. The lowest BCUT2D eigenvalue weighted by atomic mass is 10.2. The molecular formula is C15H13ClN2O3. The minimum Gasteiger partial charge on any atom is -0.483 e. The molecule has 0 aromatic heterocycles. The fraction of sp³-hybridized carbons (Fsp3) is 0.0667. The van der Waals surface area contributed by atoms with Gasteiger partial charge in [-0.1, -0.05) is 28.9 Å². The normalized spacial score (nSPS) is 10.5. The first kappa shape index (κ1) is 14.9. The first-order valence-electron chi connectivity index (χ1n) is 6.14. The fourth-order valence-corrected chi connectivity index (χ4v) is 1.78. The largest absolute Gasteiger partial charge is 0.483 e. The van der Waals surface area contributed by atoms with Crippen LogP contribution in [-0.4, -0.2) is 23.9 Å². The van der Waals surface area contributed by atoms with Gasteiger partial charge in [0.25, 0.3) is 5.91 Å². The second kappa shape index (κ2) is 7.31. The van der Waals surface area contributed by atoms with Crippen LogP contribution in [-0.2, 0) is 4.79 Å². The molecule has 0 aliphatic heterocycles.